The molecule has 1 aliphatic rings. The van der Waals surface area contributed by atoms with Crippen molar-refractivity contribution in [1.82, 2.24) is 15.1 Å². The predicted octanol–water partition coefficient (Wildman–Crippen LogP) is 1.83. The van der Waals surface area contributed by atoms with Crippen molar-refractivity contribution in [1.29, 1.82) is 0 Å². The van der Waals surface area contributed by atoms with E-state index in [0.717, 1.165) is 43.7 Å². The zero-order chi connectivity index (χ0) is 13.8. The van der Waals surface area contributed by atoms with Crippen molar-refractivity contribution in [3.63, 3.8) is 0 Å². The van der Waals surface area contributed by atoms with Crippen molar-refractivity contribution in [3.8, 4) is 0 Å². The van der Waals surface area contributed by atoms with Crippen molar-refractivity contribution in [3.05, 3.63) is 23.2 Å². The lowest BCUT2D eigenvalue weighted by molar-refractivity contribution is 0.257. The van der Waals surface area contributed by atoms with Crippen LogP contribution in [0.1, 0.15) is 29.9 Å². The molecule has 1 N–H and O–H groups in total. The summed E-state index contributed by atoms with van der Waals surface area (Å²) >= 11 is 0. The van der Waals surface area contributed by atoms with Crippen molar-refractivity contribution in [2.75, 3.05) is 34.2 Å². The Bertz CT molecular complexity index is 396. The van der Waals surface area contributed by atoms with E-state index in [1.807, 2.05) is 0 Å². The van der Waals surface area contributed by atoms with Gasteiger partial charge in [-0.3, -0.25) is 4.90 Å². The molecular weight excluding hydrogens is 238 g/mol. The highest BCUT2D eigenvalue weighted by Gasteiger charge is 2.21. The second kappa shape index (κ2) is 6.55. The Labute approximate surface area is 116 Å². The van der Waals surface area contributed by atoms with E-state index in [1.54, 1.807) is 0 Å². The monoisotopic (exact) mass is 265 g/mol. The van der Waals surface area contributed by atoms with Gasteiger partial charge in [-0.25, -0.2) is 0 Å². The first-order valence-corrected chi connectivity index (χ1v) is 7.19. The summed E-state index contributed by atoms with van der Waals surface area (Å²) in [5, 5.41) is 3.54. The van der Waals surface area contributed by atoms with Gasteiger partial charge in [0.05, 0.1) is 6.54 Å². The molecule has 4 nitrogen and oxygen atoms in total. The summed E-state index contributed by atoms with van der Waals surface area (Å²) in [7, 11) is 6.35. The summed E-state index contributed by atoms with van der Waals surface area (Å²) in [5.74, 6) is 2.13. The number of likely N-dealkylation sites (N-methyl/N-ethyl adjacent to an activating group) is 2. The van der Waals surface area contributed by atoms with Crippen LogP contribution in [-0.4, -0.2) is 50.1 Å². The summed E-state index contributed by atoms with van der Waals surface area (Å²) in [6, 6.07) is 2.96. The fourth-order valence-corrected chi connectivity index (χ4v) is 2.10. The van der Waals surface area contributed by atoms with Crippen LogP contribution < -0.4 is 5.32 Å². The molecule has 108 valence electrons. The molecule has 4 heteroatoms. The molecule has 0 aliphatic heterocycles. The fraction of sp³-hybridized carbons (Fsp3) is 0.733. The lowest BCUT2D eigenvalue weighted by Gasteiger charge is -2.17. The minimum atomic E-state index is 0.750. The van der Waals surface area contributed by atoms with Crippen LogP contribution in [0, 0.1) is 6.92 Å². The van der Waals surface area contributed by atoms with E-state index in [0.29, 0.717) is 0 Å². The Kier molecular flexibility index (Phi) is 5.02. The molecule has 0 spiro atoms. The highest BCUT2D eigenvalue weighted by molar-refractivity contribution is 5.21. The van der Waals surface area contributed by atoms with Gasteiger partial charge in [0.25, 0.3) is 0 Å². The van der Waals surface area contributed by atoms with E-state index in [-0.39, 0.29) is 0 Å². The number of nitrogens with zero attached hydrogens (tertiary/aromatic N) is 2. The van der Waals surface area contributed by atoms with E-state index in [2.05, 4.69) is 49.2 Å². The van der Waals surface area contributed by atoms with Gasteiger partial charge in [0.1, 0.15) is 11.5 Å². The van der Waals surface area contributed by atoms with Crippen molar-refractivity contribution < 1.29 is 4.42 Å². The standard InChI is InChI=1S/C15H27N3O/c1-12-13(10-16-14-5-6-14)9-15(19-12)11-18(4)8-7-17(2)3/h9,14,16H,5-8,10-11H2,1-4H3. The van der Waals surface area contributed by atoms with Gasteiger partial charge in [0.15, 0.2) is 0 Å². The van der Waals surface area contributed by atoms with Crippen molar-refractivity contribution in [2.45, 2.75) is 38.9 Å². The number of nitrogens with one attached hydrogen (secondary N) is 1. The molecule has 1 aromatic heterocycles. The van der Waals surface area contributed by atoms with Crippen LogP contribution >= 0.6 is 0 Å². The van der Waals surface area contributed by atoms with Crippen LogP contribution in [0.2, 0.25) is 0 Å². The highest BCUT2D eigenvalue weighted by Crippen LogP contribution is 2.21. The molecule has 0 atom stereocenters. The van der Waals surface area contributed by atoms with Crippen LogP contribution in [0.25, 0.3) is 0 Å². The third kappa shape index (κ3) is 4.97. The van der Waals surface area contributed by atoms with Gasteiger partial charge in [0.2, 0.25) is 0 Å². The number of hydrogen-bond acceptors (Lipinski definition) is 4. The quantitative estimate of drug-likeness (QED) is 0.777. The number of aryl methyl sites for hydroxylation is 1. The van der Waals surface area contributed by atoms with Crippen LogP contribution in [0.3, 0.4) is 0 Å². The maximum Gasteiger partial charge on any atom is 0.118 e. The van der Waals surface area contributed by atoms with E-state index < -0.39 is 0 Å². The third-order valence-electron chi connectivity index (χ3n) is 3.58. The lowest BCUT2D eigenvalue weighted by atomic mass is 10.2. The summed E-state index contributed by atoms with van der Waals surface area (Å²) in [5.41, 5.74) is 1.31. The average Bonchev–Trinajstić information content (AvgIpc) is 3.10. The summed E-state index contributed by atoms with van der Waals surface area (Å²) in [6.07, 6.45) is 2.66. The molecule has 0 radical (unpaired) electrons. The number of rotatable bonds is 8. The Morgan fingerprint density at radius 2 is 2.00 bits per heavy atom. The van der Waals surface area contributed by atoms with E-state index >= 15 is 0 Å². The molecular formula is C15H27N3O. The van der Waals surface area contributed by atoms with Gasteiger partial charge >= 0.3 is 0 Å². The SMILES string of the molecule is Cc1oc(CN(C)CCN(C)C)cc1CNC1CC1. The minimum absolute atomic E-state index is 0.750. The highest BCUT2D eigenvalue weighted by atomic mass is 16.3. The van der Waals surface area contributed by atoms with Gasteiger partial charge in [-0.1, -0.05) is 0 Å². The number of furan rings is 1. The van der Waals surface area contributed by atoms with Crippen molar-refractivity contribution >= 4 is 0 Å². The fourth-order valence-electron chi connectivity index (χ4n) is 2.10. The van der Waals surface area contributed by atoms with E-state index in [1.165, 1.54) is 18.4 Å². The Balaban J connectivity index is 1.80. The van der Waals surface area contributed by atoms with Crippen LogP contribution in [-0.2, 0) is 13.1 Å². The Hall–Kier alpha value is -0.840. The Morgan fingerprint density at radius 3 is 2.63 bits per heavy atom. The molecule has 1 fully saturated rings. The minimum Gasteiger partial charge on any atom is -0.465 e. The topological polar surface area (TPSA) is 31.7 Å². The van der Waals surface area contributed by atoms with Gasteiger partial charge in [0, 0.05) is 31.2 Å². The van der Waals surface area contributed by atoms with Crippen molar-refractivity contribution in [2.24, 2.45) is 0 Å². The van der Waals surface area contributed by atoms with Crippen LogP contribution in [0.4, 0.5) is 0 Å². The van der Waals surface area contributed by atoms with Gasteiger partial charge in [-0.05, 0) is 47.0 Å². The van der Waals surface area contributed by atoms with Gasteiger partial charge in [-0.2, -0.15) is 0 Å². The van der Waals surface area contributed by atoms with Gasteiger partial charge in [-0.15, -0.1) is 0 Å². The van der Waals surface area contributed by atoms with Gasteiger partial charge < -0.3 is 14.6 Å². The lowest BCUT2D eigenvalue weighted by Crippen LogP contribution is -2.28. The normalized spacial score (nSPS) is 15.7. The third-order valence-corrected chi connectivity index (χ3v) is 3.58. The molecule has 0 unspecified atom stereocenters. The molecule has 0 aromatic carbocycles. The Morgan fingerprint density at radius 1 is 1.26 bits per heavy atom. The van der Waals surface area contributed by atoms with E-state index in [9.17, 15) is 0 Å². The predicted molar refractivity (Wildman–Crippen MR) is 78.2 cm³/mol. The molecule has 1 aromatic rings. The smallest absolute Gasteiger partial charge is 0.118 e. The zero-order valence-electron chi connectivity index (χ0n) is 12.7. The molecule has 0 bridgehead atoms. The first-order valence-electron chi connectivity index (χ1n) is 7.19. The summed E-state index contributed by atoms with van der Waals surface area (Å²) in [4.78, 5) is 4.51. The maximum atomic E-state index is 5.85. The van der Waals surface area contributed by atoms with E-state index in [4.69, 9.17) is 4.42 Å². The zero-order valence-corrected chi connectivity index (χ0v) is 12.7. The summed E-state index contributed by atoms with van der Waals surface area (Å²) in [6.45, 7) is 6.03. The molecule has 2 rings (SSSR count). The molecule has 19 heavy (non-hydrogen) atoms. The second-order valence-corrected chi connectivity index (χ2v) is 5.99. The number of hydrogen-bond donors (Lipinski definition) is 1. The molecule has 1 aliphatic carbocycles. The molecule has 0 saturated heterocycles. The largest absolute Gasteiger partial charge is 0.465 e. The first-order chi connectivity index (χ1) is 9.04. The van der Waals surface area contributed by atoms with Crippen LogP contribution in [0.15, 0.2) is 10.5 Å². The summed E-state index contributed by atoms with van der Waals surface area (Å²) < 4.78 is 5.85. The second-order valence-electron chi connectivity index (χ2n) is 5.99. The first kappa shape index (κ1) is 14.6. The molecule has 0 amide bonds. The molecule has 1 heterocycles. The maximum absolute atomic E-state index is 5.85. The van der Waals surface area contributed by atoms with Crippen LogP contribution in [0.5, 0.6) is 0 Å². The molecule has 1 saturated carbocycles. The average molecular weight is 265 g/mol.